The van der Waals surface area contributed by atoms with Crippen molar-refractivity contribution in [3.05, 3.63) is 188 Å². The fraction of sp³-hybridized carbons (Fsp3) is 0. The van der Waals surface area contributed by atoms with Gasteiger partial charge >= 0.3 is 0 Å². The van der Waals surface area contributed by atoms with Crippen molar-refractivity contribution in [1.29, 1.82) is 0 Å². The zero-order chi connectivity index (χ0) is 31.4. The molecule has 0 bridgehead atoms. The van der Waals surface area contributed by atoms with Crippen molar-refractivity contribution >= 4 is 46.1 Å². The SMILES string of the molecule is O=P(c1ccccc1)(c1ccccc1)c1ccc(P(=O)(c2ccccc2)c2ccccc2)c(-c2ccnc(-c3ccccc3)c2)c1. The molecule has 5 heteroatoms. The number of hydrogen-bond donors (Lipinski definition) is 0. The third-order valence-electron chi connectivity index (χ3n) is 8.30. The number of rotatable bonds is 8. The van der Waals surface area contributed by atoms with Gasteiger partial charge in [-0.1, -0.05) is 158 Å². The van der Waals surface area contributed by atoms with Gasteiger partial charge in [0.2, 0.25) is 0 Å². The summed E-state index contributed by atoms with van der Waals surface area (Å²) in [6.07, 6.45) is 1.79. The minimum Gasteiger partial charge on any atom is -0.309 e. The van der Waals surface area contributed by atoms with Gasteiger partial charge in [-0.25, -0.2) is 0 Å². The van der Waals surface area contributed by atoms with E-state index in [9.17, 15) is 0 Å². The maximum Gasteiger partial charge on any atom is 0.171 e. The largest absolute Gasteiger partial charge is 0.309 e. The molecule has 3 nitrogen and oxygen atoms in total. The van der Waals surface area contributed by atoms with Crippen molar-refractivity contribution in [2.45, 2.75) is 0 Å². The summed E-state index contributed by atoms with van der Waals surface area (Å²) in [4.78, 5) is 4.69. The van der Waals surface area contributed by atoms with Gasteiger partial charge in [-0.15, -0.1) is 0 Å². The Kier molecular flexibility index (Phi) is 8.20. The molecule has 0 aliphatic carbocycles. The molecule has 0 aliphatic heterocycles. The van der Waals surface area contributed by atoms with Crippen LogP contribution in [-0.4, -0.2) is 4.98 Å². The van der Waals surface area contributed by atoms with Gasteiger partial charge in [0, 0.05) is 43.6 Å². The van der Waals surface area contributed by atoms with Crippen LogP contribution in [0.5, 0.6) is 0 Å². The predicted octanol–water partition coefficient (Wildman–Crippen LogP) is 7.69. The van der Waals surface area contributed by atoms with E-state index in [1.165, 1.54) is 0 Å². The van der Waals surface area contributed by atoms with Gasteiger partial charge in [-0.05, 0) is 35.4 Å². The Morgan fingerprint density at radius 1 is 0.370 bits per heavy atom. The van der Waals surface area contributed by atoms with Gasteiger partial charge in [0.15, 0.2) is 14.3 Å². The molecule has 46 heavy (non-hydrogen) atoms. The molecule has 1 aromatic heterocycles. The van der Waals surface area contributed by atoms with Crippen LogP contribution in [0.15, 0.2) is 188 Å². The van der Waals surface area contributed by atoms with Gasteiger partial charge < -0.3 is 9.13 Å². The van der Waals surface area contributed by atoms with E-state index in [2.05, 4.69) is 4.98 Å². The molecule has 1 heterocycles. The summed E-state index contributed by atoms with van der Waals surface area (Å²) in [5, 5.41) is 4.33. The smallest absolute Gasteiger partial charge is 0.171 e. The summed E-state index contributed by atoms with van der Waals surface area (Å²) in [6.45, 7) is 0. The highest BCUT2D eigenvalue weighted by Crippen LogP contribution is 2.48. The maximum absolute atomic E-state index is 15.8. The average molecular weight is 632 g/mol. The average Bonchev–Trinajstić information content (AvgIpc) is 3.16. The van der Waals surface area contributed by atoms with Crippen molar-refractivity contribution in [2.75, 3.05) is 0 Å². The molecular formula is C41H31NO2P2. The van der Waals surface area contributed by atoms with Gasteiger partial charge in [0.05, 0.1) is 5.69 Å². The van der Waals surface area contributed by atoms with Gasteiger partial charge in [-0.2, -0.15) is 0 Å². The highest BCUT2D eigenvalue weighted by atomic mass is 31.2. The first kappa shape index (κ1) is 29.6. The van der Waals surface area contributed by atoms with E-state index in [1.54, 1.807) is 6.20 Å². The molecular weight excluding hydrogens is 600 g/mol. The second-order valence-corrected chi connectivity index (χ2v) is 16.6. The second kappa shape index (κ2) is 12.7. The van der Waals surface area contributed by atoms with Gasteiger partial charge in [0.25, 0.3) is 0 Å². The highest BCUT2D eigenvalue weighted by Gasteiger charge is 2.35. The van der Waals surface area contributed by atoms with E-state index in [-0.39, 0.29) is 0 Å². The van der Waals surface area contributed by atoms with Crippen LogP contribution in [0.25, 0.3) is 22.4 Å². The molecule has 7 rings (SSSR count). The van der Waals surface area contributed by atoms with Crippen LogP contribution in [-0.2, 0) is 9.13 Å². The third kappa shape index (κ3) is 5.39. The van der Waals surface area contributed by atoms with Gasteiger partial charge in [-0.3, -0.25) is 4.98 Å². The van der Waals surface area contributed by atoms with E-state index in [1.807, 2.05) is 182 Å². The van der Waals surface area contributed by atoms with Crippen LogP contribution >= 0.6 is 14.3 Å². The van der Waals surface area contributed by atoms with Crippen LogP contribution in [0.2, 0.25) is 0 Å². The first-order valence-corrected chi connectivity index (χ1v) is 18.6. The Labute approximate surface area is 270 Å². The highest BCUT2D eigenvalue weighted by molar-refractivity contribution is 7.86. The Hall–Kier alpha value is -5.07. The lowest BCUT2D eigenvalue weighted by molar-refractivity contribution is 0.591. The molecule has 0 aliphatic rings. The summed E-state index contributed by atoms with van der Waals surface area (Å²) >= 11 is 0. The summed E-state index contributed by atoms with van der Waals surface area (Å²) in [5.74, 6) is 0. The van der Waals surface area contributed by atoms with Crippen molar-refractivity contribution in [3.8, 4) is 22.4 Å². The monoisotopic (exact) mass is 631 g/mol. The molecule has 0 radical (unpaired) electrons. The number of aromatic nitrogens is 1. The molecule has 0 fully saturated rings. The molecule has 7 aromatic rings. The van der Waals surface area contributed by atoms with Crippen LogP contribution in [0, 0.1) is 0 Å². The van der Waals surface area contributed by atoms with Crippen molar-refractivity contribution in [2.24, 2.45) is 0 Å². The summed E-state index contributed by atoms with van der Waals surface area (Å²) in [5.41, 5.74) is 3.40. The summed E-state index contributed by atoms with van der Waals surface area (Å²) < 4.78 is 31.3. The molecule has 0 saturated carbocycles. The third-order valence-corrected chi connectivity index (χ3v) is 14.5. The second-order valence-electron chi connectivity index (χ2n) is 11.1. The topological polar surface area (TPSA) is 47.0 Å². The first-order valence-electron chi connectivity index (χ1n) is 15.2. The number of nitrogens with zero attached hydrogens (tertiary/aromatic N) is 1. The van der Waals surface area contributed by atoms with E-state index in [4.69, 9.17) is 0 Å². The van der Waals surface area contributed by atoms with Crippen molar-refractivity contribution in [1.82, 2.24) is 4.98 Å². The van der Waals surface area contributed by atoms with E-state index in [0.29, 0.717) is 10.6 Å². The summed E-state index contributed by atoms with van der Waals surface area (Å²) in [7, 11) is -6.71. The number of hydrogen-bond acceptors (Lipinski definition) is 3. The molecule has 0 atom stereocenters. The lowest BCUT2D eigenvalue weighted by atomic mass is 10.0. The zero-order valence-electron chi connectivity index (χ0n) is 25.1. The minimum atomic E-state index is -3.39. The number of pyridine rings is 1. The van der Waals surface area contributed by atoms with Crippen molar-refractivity contribution < 1.29 is 9.13 Å². The summed E-state index contributed by atoms with van der Waals surface area (Å²) in [6, 6.07) is 58.5. The van der Waals surface area contributed by atoms with E-state index < -0.39 is 14.3 Å². The van der Waals surface area contributed by atoms with Gasteiger partial charge in [0.1, 0.15) is 0 Å². The lowest BCUT2D eigenvalue weighted by Gasteiger charge is -2.26. The zero-order valence-corrected chi connectivity index (χ0v) is 26.8. The first-order chi connectivity index (χ1) is 22.6. The van der Waals surface area contributed by atoms with E-state index in [0.717, 1.165) is 43.6 Å². The molecule has 0 amide bonds. The Morgan fingerprint density at radius 2 is 0.804 bits per heavy atom. The Morgan fingerprint density at radius 3 is 1.28 bits per heavy atom. The van der Waals surface area contributed by atoms with Crippen molar-refractivity contribution in [3.63, 3.8) is 0 Å². The predicted molar refractivity (Wildman–Crippen MR) is 194 cm³/mol. The quantitative estimate of drug-likeness (QED) is 0.162. The number of benzene rings is 6. The molecule has 0 saturated heterocycles. The van der Waals surface area contributed by atoms with Crippen LogP contribution in [0.3, 0.4) is 0 Å². The molecule has 6 aromatic carbocycles. The molecule has 0 spiro atoms. The van der Waals surface area contributed by atoms with E-state index >= 15 is 9.13 Å². The Balaban J connectivity index is 1.55. The Bertz CT molecular complexity index is 2100. The lowest BCUT2D eigenvalue weighted by Crippen LogP contribution is -2.30. The van der Waals surface area contributed by atoms with Crippen LogP contribution in [0.1, 0.15) is 0 Å². The van der Waals surface area contributed by atoms with Crippen LogP contribution in [0.4, 0.5) is 0 Å². The standard InChI is InChI=1S/C41H31NO2P2/c43-45(34-18-8-2-9-19-34,35-20-10-3-11-21-35)38-26-27-41(46(44,36-22-12-4-13-23-36)37-24-14-5-15-25-37)39(31-38)33-28-29-42-40(30-33)32-16-6-1-7-17-32/h1-31H. The normalized spacial score (nSPS) is 11.7. The molecule has 222 valence electrons. The fourth-order valence-electron chi connectivity index (χ4n) is 6.02. The van der Waals surface area contributed by atoms with Crippen LogP contribution < -0.4 is 31.8 Å². The molecule has 0 unspecified atom stereocenters. The maximum atomic E-state index is 15.8. The molecule has 0 N–H and O–H groups in total. The minimum absolute atomic E-state index is 0.675. The fourth-order valence-corrected chi connectivity index (χ4v) is 11.5.